The number of carbonyl (C=O) groups is 2. The molecule has 2 aliphatic rings. The summed E-state index contributed by atoms with van der Waals surface area (Å²) in [4.78, 5) is 28.1. The third-order valence-corrected chi connectivity index (χ3v) is 5.20. The zero-order valence-corrected chi connectivity index (χ0v) is 18.8. The number of amides is 3. The van der Waals surface area contributed by atoms with Gasteiger partial charge in [-0.15, -0.1) is 0 Å². The monoisotopic (exact) mass is 484 g/mol. The number of halogens is 3. The van der Waals surface area contributed by atoms with Gasteiger partial charge >= 0.3 is 6.03 Å². The number of aromatic nitrogens is 1. The molecule has 3 amide bonds. The molecule has 3 N–H and O–H groups in total. The second-order valence-corrected chi connectivity index (χ2v) is 8.25. The number of allylic oxidation sites excluding steroid dienone is 4. The highest BCUT2D eigenvalue weighted by Crippen LogP contribution is 2.30. The van der Waals surface area contributed by atoms with Crippen LogP contribution in [-0.4, -0.2) is 16.9 Å². The molecule has 0 unspecified atom stereocenters. The highest BCUT2D eigenvalue weighted by atomic mass is 19.3. The zero-order chi connectivity index (χ0) is 25.0. The van der Waals surface area contributed by atoms with Gasteiger partial charge in [-0.2, -0.15) is 0 Å². The Kier molecular flexibility index (Phi) is 6.90. The molecule has 7 nitrogen and oxygen atoms in total. The molecule has 0 aliphatic heterocycles. The number of urea groups is 1. The van der Waals surface area contributed by atoms with E-state index in [1.165, 1.54) is 12.1 Å². The van der Waals surface area contributed by atoms with Crippen LogP contribution in [-0.2, 0) is 10.7 Å². The Morgan fingerprint density at radius 1 is 1.11 bits per heavy atom. The first kappa shape index (κ1) is 24.1. The van der Waals surface area contributed by atoms with Crippen LogP contribution in [0.3, 0.4) is 0 Å². The largest absolute Gasteiger partial charge is 0.457 e. The highest BCUT2D eigenvalue weighted by Gasteiger charge is 2.30. The summed E-state index contributed by atoms with van der Waals surface area (Å²) in [6.07, 6.45) is 10.6. The average Bonchev–Trinajstić information content (AvgIpc) is 3.64. The number of carbonyl (C=O) groups excluding carboxylic acids is 2. The molecule has 0 spiro atoms. The minimum atomic E-state index is -3.10. The molecule has 10 heteroatoms. The lowest BCUT2D eigenvalue weighted by Gasteiger charge is -2.13. The van der Waals surface area contributed by atoms with E-state index in [1.807, 2.05) is 12.2 Å². The van der Waals surface area contributed by atoms with Gasteiger partial charge in [-0.3, -0.25) is 10.1 Å². The predicted octanol–water partition coefficient (Wildman–Crippen LogP) is 5.61. The third-order valence-electron chi connectivity index (χ3n) is 5.20. The number of benzene rings is 1. The molecule has 2 aliphatic carbocycles. The molecule has 1 aromatic heterocycles. The van der Waals surface area contributed by atoms with Crippen molar-refractivity contribution in [3.8, 4) is 5.75 Å². The first-order valence-electron chi connectivity index (χ1n) is 11.0. The van der Waals surface area contributed by atoms with Crippen molar-refractivity contribution in [2.45, 2.75) is 32.1 Å². The lowest BCUT2D eigenvalue weighted by Crippen LogP contribution is -2.23. The quantitative estimate of drug-likeness (QED) is 0.476. The Morgan fingerprint density at radius 2 is 1.91 bits per heavy atom. The number of nitrogens with one attached hydrogen (secondary N) is 3. The fourth-order valence-corrected chi connectivity index (χ4v) is 3.22. The van der Waals surface area contributed by atoms with Gasteiger partial charge in [-0.05, 0) is 49.6 Å². The van der Waals surface area contributed by atoms with Crippen molar-refractivity contribution in [1.82, 2.24) is 10.3 Å². The Hall–Kier alpha value is -4.08. The van der Waals surface area contributed by atoms with Gasteiger partial charge in [0.15, 0.2) is 0 Å². The van der Waals surface area contributed by atoms with Gasteiger partial charge in [0.25, 0.3) is 5.92 Å². The van der Waals surface area contributed by atoms with Crippen LogP contribution in [0.5, 0.6) is 5.75 Å². The molecular formula is C25H23F3N4O3. The molecule has 0 saturated heterocycles. The summed E-state index contributed by atoms with van der Waals surface area (Å²) in [5, 5.41) is 7.47. The minimum absolute atomic E-state index is 0.0289. The predicted molar refractivity (Wildman–Crippen MR) is 124 cm³/mol. The van der Waals surface area contributed by atoms with Crippen LogP contribution >= 0.6 is 0 Å². The highest BCUT2D eigenvalue weighted by molar-refractivity contribution is 5.99. The van der Waals surface area contributed by atoms with E-state index in [0.29, 0.717) is 17.9 Å². The van der Waals surface area contributed by atoms with Gasteiger partial charge in [0.05, 0.1) is 5.69 Å². The van der Waals surface area contributed by atoms with Crippen LogP contribution in [0.15, 0.2) is 72.3 Å². The molecule has 0 radical (unpaired) electrons. The van der Waals surface area contributed by atoms with Crippen molar-refractivity contribution in [1.29, 1.82) is 0 Å². The van der Waals surface area contributed by atoms with E-state index in [0.717, 1.165) is 44.2 Å². The zero-order valence-electron chi connectivity index (χ0n) is 18.8. The molecule has 2 aromatic rings. The molecule has 1 fully saturated rings. The summed E-state index contributed by atoms with van der Waals surface area (Å²) in [6, 6.07) is 5.19. The minimum Gasteiger partial charge on any atom is -0.457 e. The van der Waals surface area contributed by atoms with Crippen molar-refractivity contribution in [3.63, 3.8) is 0 Å². The van der Waals surface area contributed by atoms with E-state index >= 15 is 0 Å². The summed E-state index contributed by atoms with van der Waals surface area (Å²) in [7, 11) is 0. The average molecular weight is 484 g/mol. The molecule has 1 saturated carbocycles. The Bertz CT molecular complexity index is 1230. The van der Waals surface area contributed by atoms with Gasteiger partial charge in [0.1, 0.15) is 23.1 Å². The van der Waals surface area contributed by atoms with Crippen LogP contribution in [0.1, 0.15) is 31.7 Å². The SMILES string of the molecule is CC(F)(F)c1ccnc(NC(=O)Nc2ccc(OC3=CC(NC(=O)C4CC4)=CCC=C3)cc2F)c1. The van der Waals surface area contributed by atoms with Crippen LogP contribution in [0.25, 0.3) is 0 Å². The number of hydrogen-bond acceptors (Lipinski definition) is 4. The summed E-state index contributed by atoms with van der Waals surface area (Å²) in [6.45, 7) is 0.730. The van der Waals surface area contributed by atoms with E-state index in [2.05, 4.69) is 20.9 Å². The number of anilines is 2. The maximum absolute atomic E-state index is 14.6. The number of hydrogen-bond donors (Lipinski definition) is 3. The van der Waals surface area contributed by atoms with Gasteiger partial charge in [0, 0.05) is 42.4 Å². The van der Waals surface area contributed by atoms with E-state index in [1.54, 1.807) is 12.2 Å². The molecular weight excluding hydrogens is 461 g/mol. The number of rotatable bonds is 7. The summed E-state index contributed by atoms with van der Waals surface area (Å²) < 4.78 is 47.3. The summed E-state index contributed by atoms with van der Waals surface area (Å²) in [5.74, 6) is -3.36. The number of pyridine rings is 1. The normalized spacial score (nSPS) is 15.4. The van der Waals surface area contributed by atoms with Gasteiger partial charge in [-0.1, -0.05) is 12.2 Å². The van der Waals surface area contributed by atoms with E-state index in [4.69, 9.17) is 4.74 Å². The van der Waals surface area contributed by atoms with Crippen molar-refractivity contribution in [3.05, 3.63) is 83.7 Å². The van der Waals surface area contributed by atoms with Crippen molar-refractivity contribution < 1.29 is 27.5 Å². The van der Waals surface area contributed by atoms with Crippen LogP contribution < -0.4 is 20.7 Å². The molecule has 35 heavy (non-hydrogen) atoms. The van der Waals surface area contributed by atoms with Gasteiger partial charge < -0.3 is 15.4 Å². The summed E-state index contributed by atoms with van der Waals surface area (Å²) >= 11 is 0. The Balaban J connectivity index is 1.38. The smallest absolute Gasteiger partial charge is 0.324 e. The molecule has 1 heterocycles. The third kappa shape index (κ3) is 6.72. The molecule has 182 valence electrons. The molecule has 0 atom stereocenters. The van der Waals surface area contributed by atoms with Crippen molar-refractivity contribution >= 4 is 23.4 Å². The lowest BCUT2D eigenvalue weighted by molar-refractivity contribution is -0.121. The second-order valence-electron chi connectivity index (χ2n) is 8.25. The van der Waals surface area contributed by atoms with E-state index in [-0.39, 0.29) is 34.6 Å². The van der Waals surface area contributed by atoms with E-state index in [9.17, 15) is 22.8 Å². The first-order chi connectivity index (χ1) is 16.7. The summed E-state index contributed by atoms with van der Waals surface area (Å²) in [5.41, 5.74) is 0.146. The first-order valence-corrected chi connectivity index (χ1v) is 11.0. The Morgan fingerprint density at radius 3 is 2.63 bits per heavy atom. The number of alkyl halides is 2. The lowest BCUT2D eigenvalue weighted by atomic mass is 10.1. The number of nitrogens with zero attached hydrogens (tertiary/aromatic N) is 1. The van der Waals surface area contributed by atoms with E-state index < -0.39 is 17.8 Å². The van der Waals surface area contributed by atoms with Gasteiger partial charge in [0.2, 0.25) is 5.91 Å². The fourth-order valence-electron chi connectivity index (χ4n) is 3.22. The van der Waals surface area contributed by atoms with Crippen LogP contribution in [0, 0.1) is 11.7 Å². The van der Waals surface area contributed by atoms with Crippen LogP contribution in [0.2, 0.25) is 0 Å². The standard InChI is InChI=1S/C25H23F3N4O3/c1-25(27,28)16-10-11-29-22(12-16)32-24(34)31-21-9-8-19(14-20(21)26)35-18-5-3-2-4-17(13-18)30-23(33)15-6-7-15/h3-5,8-15H,2,6-7H2,1H3,(H,30,33)(H2,29,31,32,34). The van der Waals surface area contributed by atoms with Crippen molar-refractivity contribution in [2.24, 2.45) is 5.92 Å². The molecule has 4 rings (SSSR count). The topological polar surface area (TPSA) is 92.3 Å². The van der Waals surface area contributed by atoms with Crippen LogP contribution in [0.4, 0.5) is 29.5 Å². The maximum Gasteiger partial charge on any atom is 0.324 e. The molecule has 0 bridgehead atoms. The molecule has 1 aromatic carbocycles. The number of ether oxygens (including phenoxy) is 1. The Labute approximate surface area is 199 Å². The fraction of sp³-hybridized carbons (Fsp3) is 0.240. The van der Waals surface area contributed by atoms with Gasteiger partial charge in [-0.25, -0.2) is 22.9 Å². The maximum atomic E-state index is 14.6. The second kappa shape index (κ2) is 10.0. The van der Waals surface area contributed by atoms with Crippen molar-refractivity contribution in [2.75, 3.05) is 10.6 Å².